The molecule has 2 aromatic rings. The number of furan rings is 1. The van der Waals surface area contributed by atoms with E-state index in [4.69, 9.17) is 10.2 Å². The van der Waals surface area contributed by atoms with Gasteiger partial charge in [0.15, 0.2) is 4.67 Å². The van der Waals surface area contributed by atoms with E-state index < -0.39 is 0 Å². The number of nitrogens with two attached hydrogens (primary N) is 1. The third kappa shape index (κ3) is 2.36. The molecule has 0 aliphatic rings. The van der Waals surface area contributed by atoms with Crippen molar-refractivity contribution >= 4 is 15.9 Å². The van der Waals surface area contributed by atoms with Gasteiger partial charge in [0.05, 0.1) is 6.26 Å². The lowest BCUT2D eigenvalue weighted by Gasteiger charge is -2.09. The van der Waals surface area contributed by atoms with Crippen LogP contribution >= 0.6 is 15.9 Å². The highest BCUT2D eigenvalue weighted by molar-refractivity contribution is 9.10. The Morgan fingerprint density at radius 1 is 1.56 bits per heavy atom. The van der Waals surface area contributed by atoms with Crippen molar-refractivity contribution in [3.8, 4) is 0 Å². The quantitative estimate of drug-likeness (QED) is 0.938. The van der Waals surface area contributed by atoms with Crippen LogP contribution in [0.25, 0.3) is 0 Å². The Kier molecular flexibility index (Phi) is 3.46. The molecule has 0 aromatic carbocycles. The van der Waals surface area contributed by atoms with Crippen molar-refractivity contribution in [3.05, 3.63) is 40.5 Å². The van der Waals surface area contributed by atoms with E-state index in [0.29, 0.717) is 0 Å². The summed E-state index contributed by atoms with van der Waals surface area (Å²) >= 11 is 3.34. The second kappa shape index (κ2) is 4.84. The molecular weight excluding hydrogens is 270 g/mol. The summed E-state index contributed by atoms with van der Waals surface area (Å²) in [6, 6.07) is 3.90. The second-order valence-corrected chi connectivity index (χ2v) is 4.46. The summed E-state index contributed by atoms with van der Waals surface area (Å²) in [6.07, 6.45) is 5.23. The molecule has 0 saturated heterocycles. The summed E-state index contributed by atoms with van der Waals surface area (Å²) < 4.78 is 7.76. The van der Waals surface area contributed by atoms with Gasteiger partial charge in [-0.3, -0.25) is 4.68 Å². The highest BCUT2D eigenvalue weighted by Gasteiger charge is 2.12. The molecule has 0 saturated carbocycles. The molecular formula is C11H14BrN3O. The van der Waals surface area contributed by atoms with E-state index >= 15 is 0 Å². The third-order valence-electron chi connectivity index (χ3n) is 2.68. The lowest BCUT2D eigenvalue weighted by atomic mass is 10.1. The molecule has 86 valence electrons. The van der Waals surface area contributed by atoms with Crippen LogP contribution in [-0.2, 0) is 13.5 Å². The van der Waals surface area contributed by atoms with E-state index in [0.717, 1.165) is 23.1 Å². The van der Waals surface area contributed by atoms with Crippen molar-refractivity contribution in [1.82, 2.24) is 9.78 Å². The van der Waals surface area contributed by atoms with Crippen LogP contribution in [0.5, 0.6) is 0 Å². The van der Waals surface area contributed by atoms with Gasteiger partial charge in [-0.25, -0.2) is 0 Å². The first-order chi connectivity index (χ1) is 7.68. The first kappa shape index (κ1) is 11.4. The second-order valence-electron chi connectivity index (χ2n) is 3.74. The summed E-state index contributed by atoms with van der Waals surface area (Å²) in [5.74, 6) is 0. The van der Waals surface area contributed by atoms with Gasteiger partial charge < -0.3 is 10.2 Å². The molecule has 4 nitrogen and oxygen atoms in total. The van der Waals surface area contributed by atoms with E-state index in [1.54, 1.807) is 12.5 Å². The fourth-order valence-corrected chi connectivity index (χ4v) is 2.21. The van der Waals surface area contributed by atoms with Crippen LogP contribution in [0.15, 0.2) is 33.7 Å². The Morgan fingerprint density at radius 2 is 2.38 bits per heavy atom. The minimum Gasteiger partial charge on any atom is -0.457 e. The minimum absolute atomic E-state index is 0.0111. The van der Waals surface area contributed by atoms with Gasteiger partial charge in [0.25, 0.3) is 0 Å². The molecule has 0 spiro atoms. The van der Waals surface area contributed by atoms with Crippen molar-refractivity contribution in [2.45, 2.75) is 18.9 Å². The molecule has 2 heterocycles. The summed E-state index contributed by atoms with van der Waals surface area (Å²) in [6.45, 7) is 0. The largest absolute Gasteiger partial charge is 0.457 e. The normalized spacial score (nSPS) is 12.9. The fraction of sp³-hybridized carbons (Fsp3) is 0.364. The number of aryl methyl sites for hydroxylation is 2. The first-order valence-corrected chi connectivity index (χ1v) is 5.93. The van der Waals surface area contributed by atoms with E-state index in [9.17, 15) is 0 Å². The van der Waals surface area contributed by atoms with Crippen LogP contribution in [0.1, 0.15) is 23.7 Å². The molecule has 0 aliphatic heterocycles. The van der Waals surface area contributed by atoms with Crippen LogP contribution in [0, 0.1) is 0 Å². The van der Waals surface area contributed by atoms with Crippen LogP contribution in [0.4, 0.5) is 0 Å². The molecule has 1 atom stereocenters. The standard InChI is InChI=1S/C11H14BrN3O/c1-15-8(4-6-14-15)2-3-10(13)9-5-7-16-11(9)12/h4-7,10H,2-3,13H2,1H3. The Bertz CT molecular complexity index is 463. The number of hydrogen-bond donors (Lipinski definition) is 1. The van der Waals surface area contributed by atoms with Crippen molar-refractivity contribution in [3.63, 3.8) is 0 Å². The van der Waals surface area contributed by atoms with Gasteiger partial charge in [0.1, 0.15) is 0 Å². The highest BCUT2D eigenvalue weighted by Crippen LogP contribution is 2.25. The summed E-state index contributed by atoms with van der Waals surface area (Å²) in [4.78, 5) is 0. The minimum atomic E-state index is -0.0111. The number of nitrogens with zero attached hydrogens (tertiary/aromatic N) is 2. The van der Waals surface area contributed by atoms with Crippen LogP contribution < -0.4 is 5.73 Å². The summed E-state index contributed by atoms with van der Waals surface area (Å²) in [5.41, 5.74) is 8.29. The smallest absolute Gasteiger partial charge is 0.173 e. The van der Waals surface area contributed by atoms with E-state index in [-0.39, 0.29) is 6.04 Å². The zero-order valence-electron chi connectivity index (χ0n) is 9.06. The highest BCUT2D eigenvalue weighted by atomic mass is 79.9. The van der Waals surface area contributed by atoms with Crippen molar-refractivity contribution in [1.29, 1.82) is 0 Å². The van der Waals surface area contributed by atoms with E-state index in [1.807, 2.05) is 23.9 Å². The molecule has 1 unspecified atom stereocenters. The Labute approximate surface area is 103 Å². The molecule has 2 aromatic heterocycles. The Morgan fingerprint density at radius 3 is 2.94 bits per heavy atom. The zero-order chi connectivity index (χ0) is 11.5. The number of aromatic nitrogens is 2. The van der Waals surface area contributed by atoms with Gasteiger partial charge in [-0.1, -0.05) is 0 Å². The van der Waals surface area contributed by atoms with E-state index in [1.165, 1.54) is 5.69 Å². The maximum absolute atomic E-state index is 6.09. The average molecular weight is 284 g/mol. The van der Waals surface area contributed by atoms with Gasteiger partial charge in [0.2, 0.25) is 0 Å². The summed E-state index contributed by atoms with van der Waals surface area (Å²) in [7, 11) is 1.94. The number of hydrogen-bond acceptors (Lipinski definition) is 3. The molecule has 2 rings (SSSR count). The number of halogens is 1. The predicted octanol–water partition coefficient (Wildman–Crippen LogP) is 2.41. The van der Waals surface area contributed by atoms with Crippen LogP contribution in [0.2, 0.25) is 0 Å². The van der Waals surface area contributed by atoms with E-state index in [2.05, 4.69) is 21.0 Å². The maximum Gasteiger partial charge on any atom is 0.173 e. The predicted molar refractivity (Wildman–Crippen MR) is 64.9 cm³/mol. The Balaban J connectivity index is 1.97. The van der Waals surface area contributed by atoms with Crippen molar-refractivity contribution < 1.29 is 4.42 Å². The van der Waals surface area contributed by atoms with Gasteiger partial charge in [-0.15, -0.1) is 0 Å². The summed E-state index contributed by atoms with van der Waals surface area (Å²) in [5, 5.41) is 4.12. The van der Waals surface area contributed by atoms with Gasteiger partial charge in [-0.05, 0) is 40.9 Å². The molecule has 5 heteroatoms. The maximum atomic E-state index is 6.09. The molecule has 2 N–H and O–H groups in total. The van der Waals surface area contributed by atoms with Crippen LogP contribution in [0.3, 0.4) is 0 Å². The topological polar surface area (TPSA) is 57.0 Å². The average Bonchev–Trinajstić information content (AvgIpc) is 2.84. The monoisotopic (exact) mass is 283 g/mol. The molecule has 0 fully saturated rings. The van der Waals surface area contributed by atoms with Gasteiger partial charge in [-0.2, -0.15) is 5.10 Å². The fourth-order valence-electron chi connectivity index (χ4n) is 1.68. The molecule has 0 amide bonds. The van der Waals surface area contributed by atoms with Crippen molar-refractivity contribution in [2.24, 2.45) is 12.8 Å². The number of rotatable bonds is 4. The third-order valence-corrected chi connectivity index (χ3v) is 3.32. The van der Waals surface area contributed by atoms with Crippen molar-refractivity contribution in [2.75, 3.05) is 0 Å². The lowest BCUT2D eigenvalue weighted by molar-refractivity contribution is 0.526. The van der Waals surface area contributed by atoms with Gasteiger partial charge >= 0.3 is 0 Å². The molecule has 0 bridgehead atoms. The van der Waals surface area contributed by atoms with Gasteiger partial charge in [0, 0.05) is 30.5 Å². The Hall–Kier alpha value is -1.07. The zero-order valence-corrected chi connectivity index (χ0v) is 10.6. The molecule has 0 aliphatic carbocycles. The first-order valence-electron chi connectivity index (χ1n) is 5.14. The molecule has 0 radical (unpaired) electrons. The van der Waals surface area contributed by atoms with Crippen LogP contribution in [-0.4, -0.2) is 9.78 Å². The molecule has 16 heavy (non-hydrogen) atoms. The lowest BCUT2D eigenvalue weighted by Crippen LogP contribution is -2.12. The SMILES string of the molecule is Cn1nccc1CCC(N)c1ccoc1Br.